The topological polar surface area (TPSA) is 37.8 Å². The van der Waals surface area contributed by atoms with E-state index in [0.717, 1.165) is 24.6 Å². The fourth-order valence-electron chi connectivity index (χ4n) is 2.68. The van der Waals surface area contributed by atoms with Crippen molar-refractivity contribution < 1.29 is 0 Å². The van der Waals surface area contributed by atoms with Crippen molar-refractivity contribution in [3.8, 4) is 11.4 Å². The van der Waals surface area contributed by atoms with Crippen molar-refractivity contribution in [3.63, 3.8) is 0 Å². The van der Waals surface area contributed by atoms with Gasteiger partial charge in [0, 0.05) is 29.8 Å². The molecule has 0 atom stereocenters. The molecule has 0 radical (unpaired) electrons. The van der Waals surface area contributed by atoms with E-state index in [4.69, 9.17) is 9.97 Å². The maximum absolute atomic E-state index is 4.84. The number of hydrogen-bond donors (Lipinski definition) is 1. The number of hydrogen-bond acceptors (Lipinski definition) is 3. The van der Waals surface area contributed by atoms with Gasteiger partial charge in [-0.3, -0.25) is 0 Å². The normalized spacial score (nSPS) is 14.2. The molecule has 1 fully saturated rings. The summed E-state index contributed by atoms with van der Waals surface area (Å²) < 4.78 is 0. The highest BCUT2D eigenvalue weighted by atomic mass is 15.0. The monoisotopic (exact) mass is 281 g/mol. The van der Waals surface area contributed by atoms with Crippen LogP contribution in [0.25, 0.3) is 11.4 Å². The van der Waals surface area contributed by atoms with Gasteiger partial charge in [0.05, 0.1) is 0 Å². The fourth-order valence-corrected chi connectivity index (χ4v) is 2.68. The third-order valence-electron chi connectivity index (χ3n) is 4.00. The van der Waals surface area contributed by atoms with E-state index >= 15 is 0 Å². The number of anilines is 1. The SMILES string of the molecule is CCCNc1cc(C2CC2)nc(-c2c(C)cccc2C)n1. The molecule has 0 aliphatic heterocycles. The number of aryl methyl sites for hydroxylation is 2. The molecule has 2 aromatic rings. The third-order valence-corrected chi connectivity index (χ3v) is 4.00. The second kappa shape index (κ2) is 5.84. The van der Waals surface area contributed by atoms with Crippen molar-refractivity contribution in [2.24, 2.45) is 0 Å². The maximum atomic E-state index is 4.84. The van der Waals surface area contributed by atoms with Gasteiger partial charge in [0.1, 0.15) is 5.82 Å². The van der Waals surface area contributed by atoms with Crippen LogP contribution in [0.15, 0.2) is 24.3 Å². The van der Waals surface area contributed by atoms with Gasteiger partial charge in [0.15, 0.2) is 5.82 Å². The molecule has 1 aliphatic rings. The quantitative estimate of drug-likeness (QED) is 0.879. The summed E-state index contributed by atoms with van der Waals surface area (Å²) in [5.41, 5.74) is 4.86. The lowest BCUT2D eigenvalue weighted by molar-refractivity contribution is 0.947. The van der Waals surface area contributed by atoms with Gasteiger partial charge in [-0.1, -0.05) is 25.1 Å². The Bertz CT molecular complexity index is 625. The molecule has 0 spiro atoms. The molecular formula is C18H23N3. The second-order valence-electron chi connectivity index (χ2n) is 5.97. The number of nitrogens with one attached hydrogen (secondary N) is 1. The van der Waals surface area contributed by atoms with E-state index in [0.29, 0.717) is 5.92 Å². The molecule has 1 saturated carbocycles. The van der Waals surface area contributed by atoms with Crippen LogP contribution >= 0.6 is 0 Å². The first-order valence-corrected chi connectivity index (χ1v) is 7.88. The van der Waals surface area contributed by atoms with Crippen molar-refractivity contribution in [1.29, 1.82) is 0 Å². The van der Waals surface area contributed by atoms with Gasteiger partial charge in [0.25, 0.3) is 0 Å². The lowest BCUT2D eigenvalue weighted by Gasteiger charge is -2.12. The number of rotatable bonds is 5. The van der Waals surface area contributed by atoms with E-state index in [1.54, 1.807) is 0 Å². The Kier molecular flexibility index (Phi) is 3.91. The average Bonchev–Trinajstić information content (AvgIpc) is 3.29. The van der Waals surface area contributed by atoms with Crippen LogP contribution in [0.4, 0.5) is 5.82 Å². The minimum atomic E-state index is 0.637. The molecule has 0 bridgehead atoms. The summed E-state index contributed by atoms with van der Waals surface area (Å²) in [6.07, 6.45) is 3.62. The highest BCUT2D eigenvalue weighted by Crippen LogP contribution is 2.40. The summed E-state index contributed by atoms with van der Waals surface area (Å²) >= 11 is 0. The van der Waals surface area contributed by atoms with E-state index in [1.165, 1.54) is 35.2 Å². The first-order valence-electron chi connectivity index (χ1n) is 7.88. The zero-order valence-corrected chi connectivity index (χ0v) is 13.1. The van der Waals surface area contributed by atoms with Crippen LogP contribution in [0, 0.1) is 13.8 Å². The highest BCUT2D eigenvalue weighted by molar-refractivity contribution is 5.66. The molecule has 3 nitrogen and oxygen atoms in total. The zero-order chi connectivity index (χ0) is 14.8. The molecule has 0 saturated heterocycles. The summed E-state index contributed by atoms with van der Waals surface area (Å²) in [4.78, 5) is 9.60. The molecule has 1 aliphatic carbocycles. The molecule has 1 aromatic heterocycles. The lowest BCUT2D eigenvalue weighted by atomic mass is 10.0. The van der Waals surface area contributed by atoms with Crippen molar-refractivity contribution in [2.45, 2.75) is 46.0 Å². The Morgan fingerprint density at radius 3 is 2.48 bits per heavy atom. The molecule has 21 heavy (non-hydrogen) atoms. The van der Waals surface area contributed by atoms with Crippen LogP contribution in [-0.4, -0.2) is 16.5 Å². The second-order valence-corrected chi connectivity index (χ2v) is 5.97. The minimum Gasteiger partial charge on any atom is -0.370 e. The van der Waals surface area contributed by atoms with Crippen molar-refractivity contribution in [1.82, 2.24) is 9.97 Å². The molecule has 3 rings (SSSR count). The van der Waals surface area contributed by atoms with Crippen LogP contribution in [0.3, 0.4) is 0 Å². The van der Waals surface area contributed by atoms with Gasteiger partial charge >= 0.3 is 0 Å². The molecular weight excluding hydrogens is 258 g/mol. The Labute approximate surface area is 126 Å². The predicted molar refractivity (Wildman–Crippen MR) is 87.7 cm³/mol. The average molecular weight is 281 g/mol. The number of aromatic nitrogens is 2. The van der Waals surface area contributed by atoms with E-state index in [9.17, 15) is 0 Å². The molecule has 110 valence electrons. The van der Waals surface area contributed by atoms with Crippen molar-refractivity contribution in [3.05, 3.63) is 41.1 Å². The highest BCUT2D eigenvalue weighted by Gasteiger charge is 2.26. The Balaban J connectivity index is 2.06. The van der Waals surface area contributed by atoms with Gasteiger partial charge in [0.2, 0.25) is 0 Å². The number of nitrogens with zero attached hydrogens (tertiary/aromatic N) is 2. The number of benzene rings is 1. The molecule has 1 aromatic carbocycles. The van der Waals surface area contributed by atoms with Crippen molar-refractivity contribution >= 4 is 5.82 Å². The summed E-state index contributed by atoms with van der Waals surface area (Å²) in [7, 11) is 0. The van der Waals surface area contributed by atoms with Crippen LogP contribution in [0.1, 0.15) is 48.9 Å². The smallest absolute Gasteiger partial charge is 0.162 e. The van der Waals surface area contributed by atoms with Crippen LogP contribution in [0.5, 0.6) is 0 Å². The van der Waals surface area contributed by atoms with Gasteiger partial charge < -0.3 is 5.32 Å². The first-order chi connectivity index (χ1) is 10.2. The van der Waals surface area contributed by atoms with E-state index < -0.39 is 0 Å². The zero-order valence-electron chi connectivity index (χ0n) is 13.1. The first kappa shape index (κ1) is 14.1. The summed E-state index contributed by atoms with van der Waals surface area (Å²) in [6, 6.07) is 8.49. The van der Waals surface area contributed by atoms with E-state index in [1.807, 2.05) is 0 Å². The van der Waals surface area contributed by atoms with Crippen LogP contribution in [0.2, 0.25) is 0 Å². The van der Waals surface area contributed by atoms with E-state index in [-0.39, 0.29) is 0 Å². The lowest BCUT2D eigenvalue weighted by Crippen LogP contribution is -2.06. The predicted octanol–water partition coefficient (Wildman–Crippen LogP) is 4.46. The molecule has 1 N–H and O–H groups in total. The summed E-state index contributed by atoms with van der Waals surface area (Å²) in [5, 5.41) is 3.42. The Morgan fingerprint density at radius 2 is 1.86 bits per heavy atom. The van der Waals surface area contributed by atoms with Gasteiger partial charge in [-0.15, -0.1) is 0 Å². The van der Waals surface area contributed by atoms with Gasteiger partial charge in [-0.2, -0.15) is 0 Å². The summed E-state index contributed by atoms with van der Waals surface area (Å²) in [6.45, 7) is 7.39. The van der Waals surface area contributed by atoms with Crippen LogP contribution < -0.4 is 5.32 Å². The maximum Gasteiger partial charge on any atom is 0.162 e. The molecule has 1 heterocycles. The summed E-state index contributed by atoms with van der Waals surface area (Å²) in [5.74, 6) is 2.47. The molecule has 0 unspecified atom stereocenters. The van der Waals surface area contributed by atoms with Gasteiger partial charge in [-0.25, -0.2) is 9.97 Å². The Morgan fingerprint density at radius 1 is 1.14 bits per heavy atom. The fraction of sp³-hybridized carbons (Fsp3) is 0.444. The minimum absolute atomic E-state index is 0.637. The van der Waals surface area contributed by atoms with Gasteiger partial charge in [-0.05, 0) is 44.2 Å². The third kappa shape index (κ3) is 3.07. The largest absolute Gasteiger partial charge is 0.370 e. The van der Waals surface area contributed by atoms with E-state index in [2.05, 4.69) is 50.4 Å². The van der Waals surface area contributed by atoms with Crippen LogP contribution in [-0.2, 0) is 0 Å². The standard InChI is InChI=1S/C18H23N3/c1-4-10-19-16-11-15(14-8-9-14)20-18(21-16)17-12(2)6-5-7-13(17)3/h5-7,11,14H,4,8-10H2,1-3H3,(H,19,20,21). The Hall–Kier alpha value is -1.90. The van der Waals surface area contributed by atoms with Crippen molar-refractivity contribution in [2.75, 3.05) is 11.9 Å². The molecule has 0 amide bonds. The molecule has 3 heteroatoms.